The third-order valence-electron chi connectivity index (χ3n) is 4.89. The van der Waals surface area contributed by atoms with Crippen LogP contribution in [0, 0.1) is 18.3 Å². The summed E-state index contributed by atoms with van der Waals surface area (Å²) in [7, 11) is 0. The van der Waals surface area contributed by atoms with Gasteiger partial charge in [0.15, 0.2) is 0 Å². The second-order valence-electron chi connectivity index (χ2n) is 6.02. The van der Waals surface area contributed by atoms with Crippen molar-refractivity contribution < 1.29 is 9.59 Å². The van der Waals surface area contributed by atoms with Crippen molar-refractivity contribution in [2.45, 2.75) is 63.6 Å². The van der Waals surface area contributed by atoms with Gasteiger partial charge in [-0.15, -0.1) is 12.3 Å². The lowest BCUT2D eigenvalue weighted by molar-refractivity contribution is -0.129. The first-order chi connectivity index (χ1) is 9.15. The molecule has 0 unspecified atom stereocenters. The van der Waals surface area contributed by atoms with E-state index in [1.165, 1.54) is 17.7 Å². The second-order valence-corrected chi connectivity index (χ2v) is 6.02. The van der Waals surface area contributed by atoms with Gasteiger partial charge in [0, 0.05) is 18.5 Å². The van der Waals surface area contributed by atoms with Crippen molar-refractivity contribution in [2.24, 2.45) is 5.92 Å². The molecule has 0 N–H and O–H groups in total. The molecule has 3 fully saturated rings. The molecule has 0 aromatic carbocycles. The molecule has 0 spiro atoms. The molecule has 0 aromatic heterocycles. The quantitative estimate of drug-likeness (QED) is 0.563. The van der Waals surface area contributed by atoms with Crippen LogP contribution in [-0.2, 0) is 4.79 Å². The van der Waals surface area contributed by atoms with Gasteiger partial charge in [-0.05, 0) is 32.1 Å². The smallest absolute Gasteiger partial charge is 0.309 e. The standard InChI is InChI=1S/C15H20N2O2/c1-3-6-10(2)16-14(18)13-9-11-7-4-5-8-12(11)17(13)15(16)19/h1,10-13H,4-9H2,2H3/t10-,11+,12+,13-/m0/s1. The van der Waals surface area contributed by atoms with Crippen LogP contribution >= 0.6 is 0 Å². The highest BCUT2D eigenvalue weighted by atomic mass is 16.2. The first kappa shape index (κ1) is 12.5. The van der Waals surface area contributed by atoms with Crippen molar-refractivity contribution in [1.82, 2.24) is 9.80 Å². The van der Waals surface area contributed by atoms with Gasteiger partial charge in [0.2, 0.25) is 0 Å². The van der Waals surface area contributed by atoms with Crippen LogP contribution in [0.4, 0.5) is 4.79 Å². The molecule has 4 nitrogen and oxygen atoms in total. The molecule has 2 saturated heterocycles. The van der Waals surface area contributed by atoms with E-state index in [9.17, 15) is 9.59 Å². The molecule has 1 aliphatic carbocycles. The van der Waals surface area contributed by atoms with Crippen LogP contribution in [0.15, 0.2) is 0 Å². The van der Waals surface area contributed by atoms with Crippen LogP contribution in [0.5, 0.6) is 0 Å². The zero-order valence-electron chi connectivity index (χ0n) is 11.3. The fraction of sp³-hybridized carbons (Fsp3) is 0.733. The highest BCUT2D eigenvalue weighted by molar-refractivity contribution is 6.05. The third kappa shape index (κ3) is 1.75. The van der Waals surface area contributed by atoms with E-state index in [0.717, 1.165) is 19.3 Å². The Balaban J connectivity index is 1.84. The Morgan fingerprint density at radius 3 is 2.84 bits per heavy atom. The maximum atomic E-state index is 12.5. The van der Waals surface area contributed by atoms with Crippen LogP contribution < -0.4 is 0 Å². The number of urea groups is 1. The topological polar surface area (TPSA) is 40.6 Å². The molecule has 102 valence electrons. The lowest BCUT2D eigenvalue weighted by atomic mass is 9.84. The first-order valence-corrected chi connectivity index (χ1v) is 7.24. The number of imide groups is 1. The highest BCUT2D eigenvalue weighted by Crippen LogP contribution is 2.43. The number of hydrogen-bond donors (Lipinski definition) is 0. The van der Waals surface area contributed by atoms with Gasteiger partial charge in [0.05, 0.1) is 0 Å². The van der Waals surface area contributed by atoms with E-state index in [1.54, 1.807) is 0 Å². The zero-order valence-corrected chi connectivity index (χ0v) is 11.3. The zero-order chi connectivity index (χ0) is 13.6. The number of amides is 3. The molecule has 0 radical (unpaired) electrons. The Hall–Kier alpha value is -1.50. The van der Waals surface area contributed by atoms with E-state index in [0.29, 0.717) is 18.4 Å². The molecule has 0 bridgehead atoms. The molecule has 2 aliphatic heterocycles. The Labute approximate surface area is 114 Å². The van der Waals surface area contributed by atoms with Crippen molar-refractivity contribution in [3.8, 4) is 12.3 Å². The first-order valence-electron chi connectivity index (χ1n) is 7.24. The van der Waals surface area contributed by atoms with Gasteiger partial charge in [-0.1, -0.05) is 12.8 Å². The summed E-state index contributed by atoms with van der Waals surface area (Å²) in [6.07, 6.45) is 11.2. The van der Waals surface area contributed by atoms with Crippen LogP contribution in [0.25, 0.3) is 0 Å². The van der Waals surface area contributed by atoms with Gasteiger partial charge in [0.25, 0.3) is 5.91 Å². The summed E-state index contributed by atoms with van der Waals surface area (Å²) in [4.78, 5) is 28.2. The molecule has 3 rings (SSSR count). The Bertz CT molecular complexity index is 454. The van der Waals surface area contributed by atoms with E-state index < -0.39 is 0 Å². The lowest BCUT2D eigenvalue weighted by Crippen LogP contribution is -2.44. The maximum Gasteiger partial charge on any atom is 0.327 e. The molecule has 0 aromatic rings. The molecule has 19 heavy (non-hydrogen) atoms. The summed E-state index contributed by atoms with van der Waals surface area (Å²) in [6, 6.07) is -0.205. The van der Waals surface area contributed by atoms with E-state index >= 15 is 0 Å². The minimum absolute atomic E-state index is 0.0258. The predicted octanol–water partition coefficient (Wildman–Crippen LogP) is 1.99. The maximum absolute atomic E-state index is 12.5. The minimum Gasteiger partial charge on any atom is -0.309 e. The summed E-state index contributed by atoms with van der Waals surface area (Å²) < 4.78 is 0. The monoisotopic (exact) mass is 260 g/mol. The number of terminal acetylenes is 1. The van der Waals surface area contributed by atoms with Crippen molar-refractivity contribution in [1.29, 1.82) is 0 Å². The number of carbonyl (C=O) groups excluding carboxylic acids is 2. The molecular weight excluding hydrogens is 240 g/mol. The lowest BCUT2D eigenvalue weighted by Gasteiger charge is -2.31. The van der Waals surface area contributed by atoms with E-state index in [4.69, 9.17) is 6.42 Å². The predicted molar refractivity (Wildman–Crippen MR) is 71.1 cm³/mol. The van der Waals surface area contributed by atoms with Gasteiger partial charge in [0.1, 0.15) is 6.04 Å². The molecule has 2 heterocycles. The van der Waals surface area contributed by atoms with Crippen LogP contribution in [0.1, 0.15) is 45.4 Å². The summed E-state index contributed by atoms with van der Waals surface area (Å²) in [5.74, 6) is 3.06. The van der Waals surface area contributed by atoms with Crippen molar-refractivity contribution in [3.63, 3.8) is 0 Å². The van der Waals surface area contributed by atoms with Crippen LogP contribution in [0.3, 0.4) is 0 Å². The van der Waals surface area contributed by atoms with Crippen LogP contribution in [-0.4, -0.2) is 39.9 Å². The fourth-order valence-corrected chi connectivity index (χ4v) is 4.00. The van der Waals surface area contributed by atoms with Gasteiger partial charge in [-0.25, -0.2) is 4.79 Å². The number of carbonyl (C=O) groups is 2. The number of nitrogens with zero attached hydrogens (tertiary/aromatic N) is 2. The largest absolute Gasteiger partial charge is 0.327 e. The number of fused-ring (bicyclic) bond motifs is 3. The van der Waals surface area contributed by atoms with Gasteiger partial charge >= 0.3 is 6.03 Å². The Kier molecular flexibility index (Phi) is 3.00. The number of rotatable bonds is 2. The van der Waals surface area contributed by atoms with Gasteiger partial charge in [-0.3, -0.25) is 9.69 Å². The van der Waals surface area contributed by atoms with E-state index in [-0.39, 0.29) is 24.0 Å². The summed E-state index contributed by atoms with van der Waals surface area (Å²) in [6.45, 7) is 1.86. The van der Waals surface area contributed by atoms with Gasteiger partial charge in [-0.2, -0.15) is 0 Å². The normalized spacial score (nSPS) is 35.1. The van der Waals surface area contributed by atoms with Gasteiger partial charge < -0.3 is 4.90 Å². The average molecular weight is 260 g/mol. The van der Waals surface area contributed by atoms with Crippen molar-refractivity contribution >= 4 is 11.9 Å². The second kappa shape index (κ2) is 4.56. The number of hydrogen-bond acceptors (Lipinski definition) is 2. The summed E-state index contributed by atoms with van der Waals surface area (Å²) in [5.41, 5.74) is 0. The molecule has 4 atom stereocenters. The molecule has 3 amide bonds. The molecule has 3 aliphatic rings. The van der Waals surface area contributed by atoms with E-state index in [2.05, 4.69) is 5.92 Å². The Morgan fingerprint density at radius 1 is 1.37 bits per heavy atom. The Morgan fingerprint density at radius 2 is 2.11 bits per heavy atom. The fourth-order valence-electron chi connectivity index (χ4n) is 4.00. The molecule has 1 saturated carbocycles. The molecule has 4 heteroatoms. The molecular formula is C15H20N2O2. The SMILES string of the molecule is C#CC[C@H](C)N1C(=O)[C@@H]2C[C@H]3CCCC[C@H]3N2C1=O. The summed E-state index contributed by atoms with van der Waals surface area (Å²) >= 11 is 0. The minimum atomic E-state index is -0.208. The summed E-state index contributed by atoms with van der Waals surface area (Å²) in [5, 5.41) is 0. The van der Waals surface area contributed by atoms with Crippen molar-refractivity contribution in [3.05, 3.63) is 0 Å². The third-order valence-corrected chi connectivity index (χ3v) is 4.89. The highest BCUT2D eigenvalue weighted by Gasteiger charge is 2.56. The van der Waals surface area contributed by atoms with Crippen molar-refractivity contribution in [2.75, 3.05) is 0 Å². The van der Waals surface area contributed by atoms with Crippen LogP contribution in [0.2, 0.25) is 0 Å². The van der Waals surface area contributed by atoms with E-state index in [1.807, 2.05) is 11.8 Å². The average Bonchev–Trinajstić information content (AvgIpc) is 2.87.